The first-order chi connectivity index (χ1) is 22.1. The molecule has 4 heterocycles. The first-order valence-electron chi connectivity index (χ1n) is 15.8. The predicted molar refractivity (Wildman–Crippen MR) is 195 cm³/mol. The number of fused-ring (bicyclic) bond motifs is 14. The maximum atomic E-state index is 4.01. The van der Waals surface area contributed by atoms with Crippen LogP contribution in [0.3, 0.4) is 0 Å². The van der Waals surface area contributed by atoms with E-state index in [1.54, 1.807) is 0 Å². The maximum absolute atomic E-state index is 4.01. The van der Waals surface area contributed by atoms with Crippen molar-refractivity contribution in [3.8, 4) is 27.9 Å². The van der Waals surface area contributed by atoms with Crippen LogP contribution in [0.5, 0.6) is 0 Å². The van der Waals surface area contributed by atoms with Gasteiger partial charge in [0.1, 0.15) is 4.83 Å². The van der Waals surface area contributed by atoms with E-state index in [1.165, 1.54) is 103 Å². The molecule has 1 N–H and O–H groups in total. The van der Waals surface area contributed by atoms with Crippen molar-refractivity contribution in [2.75, 3.05) is 0 Å². The minimum absolute atomic E-state index is 0.0759. The minimum atomic E-state index is -0.0759. The average molecular weight is 591 g/mol. The molecule has 210 valence electrons. The van der Waals surface area contributed by atoms with Gasteiger partial charge in [-0.2, -0.15) is 0 Å². The van der Waals surface area contributed by atoms with E-state index in [-0.39, 0.29) is 5.41 Å². The van der Waals surface area contributed by atoms with Crippen molar-refractivity contribution in [2.45, 2.75) is 19.3 Å². The summed E-state index contributed by atoms with van der Waals surface area (Å²) in [4.78, 5) is 5.36. The Balaban J connectivity index is 1.28. The molecule has 3 aromatic heterocycles. The normalized spacial score (nSPS) is 14.4. The number of nitrogens with zero attached hydrogens (tertiary/aromatic N) is 1. The third kappa shape index (κ3) is 2.88. The summed E-state index contributed by atoms with van der Waals surface area (Å²) in [6.07, 6.45) is 0. The van der Waals surface area contributed by atoms with Crippen molar-refractivity contribution in [2.24, 2.45) is 0 Å². The van der Waals surface area contributed by atoms with E-state index in [0.29, 0.717) is 0 Å². The summed E-state index contributed by atoms with van der Waals surface area (Å²) in [7, 11) is 0.910. The fourth-order valence-electron chi connectivity index (χ4n) is 8.77. The first-order valence-corrected chi connectivity index (χ1v) is 16.7. The first kappa shape index (κ1) is 24.3. The number of aromatic nitrogens is 2. The fourth-order valence-corrected chi connectivity index (χ4v) is 10.0. The SMILES string of the molecule is CC1(C)c2ccccc2-c2c1[nH]c1c(-c3cc4ccccc4c4c3Bc3cccc5c6c7ccccc7sc6n-4c35)cccc21. The third-order valence-corrected chi connectivity index (χ3v) is 11.9. The Hall–Kier alpha value is -5.06. The van der Waals surface area contributed by atoms with Crippen LogP contribution >= 0.6 is 11.3 Å². The number of hydrogen-bond acceptors (Lipinski definition) is 1. The number of nitrogens with one attached hydrogen (secondary N) is 1. The van der Waals surface area contributed by atoms with E-state index in [9.17, 15) is 0 Å². The van der Waals surface area contributed by atoms with Crippen molar-refractivity contribution in [3.63, 3.8) is 0 Å². The second kappa shape index (κ2) is 8.15. The van der Waals surface area contributed by atoms with Crippen molar-refractivity contribution in [1.82, 2.24) is 9.55 Å². The van der Waals surface area contributed by atoms with Gasteiger partial charge in [-0.05, 0) is 39.7 Å². The van der Waals surface area contributed by atoms with Crippen molar-refractivity contribution in [3.05, 3.63) is 127 Å². The molecule has 1 aliphatic carbocycles. The number of benzene rings is 6. The zero-order chi connectivity index (χ0) is 29.6. The van der Waals surface area contributed by atoms with Crippen molar-refractivity contribution < 1.29 is 0 Å². The second-order valence-corrected chi connectivity index (χ2v) is 14.4. The molecule has 0 fully saturated rings. The monoisotopic (exact) mass is 590 g/mol. The zero-order valence-electron chi connectivity index (χ0n) is 25.0. The molecule has 0 amide bonds. The van der Waals surface area contributed by atoms with Crippen LogP contribution in [-0.2, 0) is 5.41 Å². The number of para-hydroxylation sites is 2. The summed E-state index contributed by atoms with van der Waals surface area (Å²) < 4.78 is 3.96. The number of thiophene rings is 1. The number of hydrogen-bond donors (Lipinski definition) is 1. The van der Waals surface area contributed by atoms with Crippen LogP contribution in [0.2, 0.25) is 0 Å². The number of H-pyrrole nitrogens is 1. The summed E-state index contributed by atoms with van der Waals surface area (Å²) in [5, 5.41) is 8.02. The standard InChI is InChI=1S/C41H27BN2S/c1-41(2)30-18-7-5-13-25(30)33-27-16-9-15-24(36(27)43-39(33)41)29-21-22-11-3-4-12-23(22)38-35(29)42-31-19-10-17-28-34-26-14-6-8-20-32(26)45-40(34)44(38)37(28)31/h3-21,42-43H,1-2H3. The van der Waals surface area contributed by atoms with Gasteiger partial charge < -0.3 is 9.55 Å². The molecule has 0 saturated carbocycles. The Bertz CT molecular complexity index is 2770. The van der Waals surface area contributed by atoms with Gasteiger partial charge in [0.05, 0.1) is 5.52 Å². The molecule has 9 aromatic rings. The summed E-state index contributed by atoms with van der Waals surface area (Å²) in [6, 6.07) is 43.1. The van der Waals surface area contributed by atoms with Crippen LogP contribution in [0.1, 0.15) is 25.1 Å². The van der Waals surface area contributed by atoms with Gasteiger partial charge >= 0.3 is 0 Å². The lowest BCUT2D eigenvalue weighted by Gasteiger charge is -2.25. The average Bonchev–Trinajstić information content (AvgIpc) is 3.79. The fraction of sp³-hybridized carbons (Fsp3) is 0.0732. The van der Waals surface area contributed by atoms with Crippen LogP contribution < -0.4 is 10.9 Å². The van der Waals surface area contributed by atoms with Gasteiger partial charge in [-0.3, -0.25) is 0 Å². The summed E-state index contributed by atoms with van der Waals surface area (Å²) in [5.41, 5.74) is 14.8. The van der Waals surface area contributed by atoms with E-state index in [0.717, 1.165) is 7.28 Å². The minimum Gasteiger partial charge on any atom is -0.357 e. The van der Waals surface area contributed by atoms with Gasteiger partial charge in [0.15, 0.2) is 7.28 Å². The maximum Gasteiger partial charge on any atom is 0.198 e. The Morgan fingerprint density at radius 3 is 2.36 bits per heavy atom. The second-order valence-electron chi connectivity index (χ2n) is 13.4. The van der Waals surface area contributed by atoms with Gasteiger partial charge in [-0.1, -0.05) is 122 Å². The van der Waals surface area contributed by atoms with Crippen LogP contribution in [0, 0.1) is 0 Å². The van der Waals surface area contributed by atoms with Crippen molar-refractivity contribution in [1.29, 1.82) is 0 Å². The van der Waals surface area contributed by atoms with Gasteiger partial charge in [-0.25, -0.2) is 0 Å². The van der Waals surface area contributed by atoms with E-state index in [4.69, 9.17) is 0 Å². The van der Waals surface area contributed by atoms with Gasteiger partial charge in [0, 0.05) is 65.1 Å². The largest absolute Gasteiger partial charge is 0.357 e. The molecular weight excluding hydrogens is 563 g/mol. The molecule has 6 aromatic carbocycles. The molecule has 0 atom stereocenters. The number of aromatic amines is 1. The molecule has 0 saturated heterocycles. The zero-order valence-corrected chi connectivity index (χ0v) is 25.8. The van der Waals surface area contributed by atoms with E-state index in [1.807, 2.05) is 11.3 Å². The highest BCUT2D eigenvalue weighted by molar-refractivity contribution is 7.25. The van der Waals surface area contributed by atoms with Crippen LogP contribution in [-0.4, -0.2) is 16.8 Å². The highest BCUT2D eigenvalue weighted by atomic mass is 32.1. The lowest BCUT2D eigenvalue weighted by Crippen LogP contribution is -2.37. The van der Waals surface area contributed by atoms with Crippen LogP contribution in [0.4, 0.5) is 0 Å². The molecule has 0 bridgehead atoms. The van der Waals surface area contributed by atoms with Crippen LogP contribution in [0.25, 0.3) is 80.8 Å². The molecule has 0 spiro atoms. The lowest BCUT2D eigenvalue weighted by molar-refractivity contribution is 0.642. The third-order valence-electron chi connectivity index (χ3n) is 10.7. The van der Waals surface area contributed by atoms with E-state index in [2.05, 4.69) is 139 Å². The molecule has 4 heteroatoms. The smallest absolute Gasteiger partial charge is 0.198 e. The topological polar surface area (TPSA) is 20.7 Å². The number of rotatable bonds is 1. The quantitative estimate of drug-likeness (QED) is 0.184. The van der Waals surface area contributed by atoms with Crippen molar-refractivity contribution >= 4 is 82.4 Å². The molecule has 45 heavy (non-hydrogen) atoms. The highest BCUT2D eigenvalue weighted by Crippen LogP contribution is 2.52. The van der Waals surface area contributed by atoms with E-state index < -0.39 is 0 Å². The van der Waals surface area contributed by atoms with Crippen LogP contribution in [0.15, 0.2) is 115 Å². The lowest BCUT2D eigenvalue weighted by atomic mass is 9.58. The Labute approximate surface area is 264 Å². The summed E-state index contributed by atoms with van der Waals surface area (Å²) in [5.74, 6) is 0. The van der Waals surface area contributed by atoms with Gasteiger partial charge in [0.25, 0.3) is 0 Å². The summed E-state index contributed by atoms with van der Waals surface area (Å²) >= 11 is 1.92. The highest BCUT2D eigenvalue weighted by Gasteiger charge is 2.38. The molecule has 1 aliphatic heterocycles. The van der Waals surface area contributed by atoms with E-state index >= 15 is 0 Å². The summed E-state index contributed by atoms with van der Waals surface area (Å²) in [6.45, 7) is 4.71. The molecule has 2 aliphatic rings. The van der Waals surface area contributed by atoms with Gasteiger partial charge in [-0.15, -0.1) is 11.3 Å². The molecular formula is C41H27BN2S. The molecule has 0 radical (unpaired) electrons. The molecule has 11 rings (SSSR count). The molecule has 2 nitrogen and oxygen atoms in total. The Morgan fingerprint density at radius 1 is 0.689 bits per heavy atom. The molecule has 0 unspecified atom stereocenters. The predicted octanol–water partition coefficient (Wildman–Crippen LogP) is 9.31. The van der Waals surface area contributed by atoms with Gasteiger partial charge in [0.2, 0.25) is 0 Å². The Morgan fingerprint density at radius 2 is 1.42 bits per heavy atom. The Kier molecular flexibility index (Phi) is 4.40.